The molecule has 0 bridgehead atoms. The van der Waals surface area contributed by atoms with Gasteiger partial charge in [0.15, 0.2) is 0 Å². The van der Waals surface area contributed by atoms with Gasteiger partial charge in [-0.05, 0) is 58.3 Å². The lowest BCUT2D eigenvalue weighted by Crippen LogP contribution is -2.48. The van der Waals surface area contributed by atoms with Gasteiger partial charge in [0.2, 0.25) is 5.91 Å². The van der Waals surface area contributed by atoms with Gasteiger partial charge in [0.25, 0.3) is 0 Å². The highest BCUT2D eigenvalue weighted by Crippen LogP contribution is 2.32. The first-order valence-corrected chi connectivity index (χ1v) is 7.93. The maximum absolute atomic E-state index is 12.8. The highest BCUT2D eigenvalue weighted by Gasteiger charge is 2.41. The van der Waals surface area contributed by atoms with Crippen molar-refractivity contribution in [1.29, 1.82) is 0 Å². The largest absolute Gasteiger partial charge is 0.341 e. The van der Waals surface area contributed by atoms with Gasteiger partial charge in [-0.15, -0.1) is 0 Å². The Morgan fingerprint density at radius 3 is 2.53 bits per heavy atom. The molecule has 3 fully saturated rings. The number of rotatable bonds is 2. The minimum absolute atomic E-state index is 0.106. The van der Waals surface area contributed by atoms with Crippen LogP contribution in [0.2, 0.25) is 0 Å². The molecular weight excluding hydrogens is 238 g/mol. The van der Waals surface area contributed by atoms with Crippen LogP contribution in [0.4, 0.5) is 0 Å². The molecule has 19 heavy (non-hydrogen) atoms. The third-order valence-electron chi connectivity index (χ3n) is 5.33. The molecule has 4 nitrogen and oxygen atoms in total. The zero-order valence-corrected chi connectivity index (χ0v) is 12.2. The molecule has 3 aliphatic heterocycles. The maximum Gasteiger partial charge on any atom is 0.228 e. The summed E-state index contributed by atoms with van der Waals surface area (Å²) in [4.78, 5) is 17.5. The Hall–Kier alpha value is -0.610. The van der Waals surface area contributed by atoms with E-state index in [1.54, 1.807) is 0 Å². The highest BCUT2D eigenvalue weighted by molar-refractivity contribution is 5.82. The standard InChI is InChI=1S/C15H27N3O/c1-15(5-7-16-8-6-15)14(19)18-11-4-13(12-18)17-9-2-3-10-17/h13,16H,2-12H2,1H3. The topological polar surface area (TPSA) is 35.6 Å². The molecule has 1 amide bonds. The van der Waals surface area contributed by atoms with Crippen molar-refractivity contribution in [2.75, 3.05) is 39.3 Å². The first-order valence-electron chi connectivity index (χ1n) is 7.93. The highest BCUT2D eigenvalue weighted by atomic mass is 16.2. The van der Waals surface area contributed by atoms with Gasteiger partial charge in [-0.25, -0.2) is 0 Å². The Morgan fingerprint density at radius 2 is 1.84 bits per heavy atom. The van der Waals surface area contributed by atoms with Crippen molar-refractivity contribution < 1.29 is 4.79 Å². The number of hydrogen-bond donors (Lipinski definition) is 1. The summed E-state index contributed by atoms with van der Waals surface area (Å²) in [6.07, 6.45) is 5.86. The minimum atomic E-state index is -0.106. The van der Waals surface area contributed by atoms with Gasteiger partial charge < -0.3 is 10.2 Å². The molecular formula is C15H27N3O. The van der Waals surface area contributed by atoms with Crippen LogP contribution in [0.15, 0.2) is 0 Å². The lowest BCUT2D eigenvalue weighted by Gasteiger charge is -2.36. The second kappa shape index (κ2) is 5.41. The Balaban J connectivity index is 1.59. The van der Waals surface area contributed by atoms with Crippen LogP contribution < -0.4 is 5.32 Å². The van der Waals surface area contributed by atoms with Gasteiger partial charge in [-0.3, -0.25) is 9.69 Å². The molecule has 0 saturated carbocycles. The number of nitrogens with one attached hydrogen (secondary N) is 1. The number of amides is 1. The van der Waals surface area contributed by atoms with Crippen molar-refractivity contribution in [3.05, 3.63) is 0 Å². The van der Waals surface area contributed by atoms with Gasteiger partial charge in [0, 0.05) is 24.5 Å². The monoisotopic (exact) mass is 265 g/mol. The molecule has 3 saturated heterocycles. The van der Waals surface area contributed by atoms with E-state index in [0.29, 0.717) is 11.9 Å². The van der Waals surface area contributed by atoms with Gasteiger partial charge >= 0.3 is 0 Å². The Labute approximate surface area is 116 Å². The van der Waals surface area contributed by atoms with E-state index in [4.69, 9.17) is 0 Å². The summed E-state index contributed by atoms with van der Waals surface area (Å²) in [7, 11) is 0. The third kappa shape index (κ3) is 2.65. The zero-order chi connectivity index (χ0) is 13.3. The lowest BCUT2D eigenvalue weighted by molar-refractivity contribution is -0.141. The van der Waals surface area contributed by atoms with Gasteiger partial charge in [-0.1, -0.05) is 6.92 Å². The average molecular weight is 265 g/mol. The Morgan fingerprint density at radius 1 is 1.16 bits per heavy atom. The quantitative estimate of drug-likeness (QED) is 0.811. The predicted molar refractivity (Wildman–Crippen MR) is 76.0 cm³/mol. The van der Waals surface area contributed by atoms with E-state index in [-0.39, 0.29) is 5.41 Å². The number of carbonyl (C=O) groups is 1. The molecule has 108 valence electrons. The molecule has 0 aromatic rings. The fourth-order valence-corrected chi connectivity index (χ4v) is 3.91. The van der Waals surface area contributed by atoms with Crippen molar-refractivity contribution >= 4 is 5.91 Å². The average Bonchev–Trinajstić information content (AvgIpc) is 3.09. The fraction of sp³-hybridized carbons (Fsp3) is 0.933. The Kier molecular flexibility index (Phi) is 3.81. The van der Waals surface area contributed by atoms with Gasteiger partial charge in [0.05, 0.1) is 0 Å². The van der Waals surface area contributed by atoms with Crippen molar-refractivity contribution in [2.24, 2.45) is 5.41 Å². The van der Waals surface area contributed by atoms with Gasteiger partial charge in [0.1, 0.15) is 0 Å². The number of piperidine rings is 1. The lowest BCUT2D eigenvalue weighted by atomic mass is 9.80. The summed E-state index contributed by atoms with van der Waals surface area (Å²) in [6.45, 7) is 8.59. The first kappa shape index (κ1) is 13.4. The number of carbonyl (C=O) groups excluding carboxylic acids is 1. The van der Waals surface area contributed by atoms with E-state index < -0.39 is 0 Å². The fourth-order valence-electron chi connectivity index (χ4n) is 3.91. The SMILES string of the molecule is CC1(C(=O)N2CCC(N3CCCC3)C2)CCNCC1. The molecule has 0 aliphatic carbocycles. The maximum atomic E-state index is 12.8. The molecule has 4 heteroatoms. The normalized spacial score (nSPS) is 31.8. The molecule has 3 rings (SSSR count). The molecule has 3 aliphatic rings. The third-order valence-corrected chi connectivity index (χ3v) is 5.33. The number of hydrogen-bond acceptors (Lipinski definition) is 3. The Bertz CT molecular complexity index is 332. The summed E-state index contributed by atoms with van der Waals surface area (Å²) >= 11 is 0. The van der Waals surface area contributed by atoms with Gasteiger partial charge in [-0.2, -0.15) is 0 Å². The summed E-state index contributed by atoms with van der Waals surface area (Å²) in [5, 5.41) is 3.36. The van der Waals surface area contributed by atoms with Crippen molar-refractivity contribution in [2.45, 2.75) is 45.1 Å². The van der Waals surface area contributed by atoms with E-state index in [9.17, 15) is 4.79 Å². The number of nitrogens with zero attached hydrogens (tertiary/aromatic N) is 2. The number of likely N-dealkylation sites (tertiary alicyclic amines) is 2. The van der Waals surface area contributed by atoms with Crippen LogP contribution in [0.3, 0.4) is 0 Å². The van der Waals surface area contributed by atoms with Crippen molar-refractivity contribution in [3.63, 3.8) is 0 Å². The van der Waals surface area contributed by atoms with Crippen molar-refractivity contribution in [3.8, 4) is 0 Å². The smallest absolute Gasteiger partial charge is 0.228 e. The van der Waals surface area contributed by atoms with Crippen LogP contribution in [0.25, 0.3) is 0 Å². The van der Waals surface area contributed by atoms with Crippen LogP contribution in [0.1, 0.15) is 39.0 Å². The summed E-state index contributed by atoms with van der Waals surface area (Å²) < 4.78 is 0. The second-order valence-corrected chi connectivity index (χ2v) is 6.75. The molecule has 1 atom stereocenters. The summed E-state index contributed by atoms with van der Waals surface area (Å²) in [5.74, 6) is 0.413. The molecule has 0 aromatic heterocycles. The van der Waals surface area contributed by atoms with E-state index in [2.05, 4.69) is 22.0 Å². The van der Waals surface area contributed by atoms with Crippen LogP contribution in [0.5, 0.6) is 0 Å². The van der Waals surface area contributed by atoms with Crippen LogP contribution in [0, 0.1) is 5.41 Å². The van der Waals surface area contributed by atoms with E-state index >= 15 is 0 Å². The van der Waals surface area contributed by atoms with Crippen LogP contribution in [-0.2, 0) is 4.79 Å². The first-order chi connectivity index (χ1) is 9.19. The van der Waals surface area contributed by atoms with Crippen molar-refractivity contribution in [1.82, 2.24) is 15.1 Å². The summed E-state index contributed by atoms with van der Waals surface area (Å²) in [5.41, 5.74) is -0.106. The molecule has 1 unspecified atom stereocenters. The van der Waals surface area contributed by atoms with E-state index in [0.717, 1.165) is 39.0 Å². The van der Waals surface area contributed by atoms with Crippen LogP contribution >= 0.6 is 0 Å². The second-order valence-electron chi connectivity index (χ2n) is 6.75. The molecule has 1 N–H and O–H groups in total. The molecule has 0 aromatic carbocycles. The minimum Gasteiger partial charge on any atom is -0.341 e. The van der Waals surface area contributed by atoms with E-state index in [1.165, 1.54) is 32.4 Å². The predicted octanol–water partition coefficient (Wildman–Crippen LogP) is 1.07. The zero-order valence-electron chi connectivity index (χ0n) is 12.2. The molecule has 3 heterocycles. The summed E-state index contributed by atoms with van der Waals surface area (Å²) in [6, 6.07) is 0.636. The molecule has 0 spiro atoms. The molecule has 0 radical (unpaired) electrons. The van der Waals surface area contributed by atoms with E-state index in [1.807, 2.05) is 0 Å². The van der Waals surface area contributed by atoms with Crippen LogP contribution in [-0.4, -0.2) is 61.0 Å².